The first-order valence-electron chi connectivity index (χ1n) is 7.54. The quantitative estimate of drug-likeness (QED) is 0.619. The van der Waals surface area contributed by atoms with Crippen molar-refractivity contribution in [2.24, 2.45) is 0 Å². The summed E-state index contributed by atoms with van der Waals surface area (Å²) in [6.45, 7) is 1.81. The van der Waals surface area contributed by atoms with Gasteiger partial charge in [0.2, 0.25) is 13.3 Å². The van der Waals surface area contributed by atoms with E-state index in [4.69, 9.17) is 8.94 Å². The number of benzene rings is 2. The van der Waals surface area contributed by atoms with Crippen molar-refractivity contribution in [1.82, 2.24) is 4.98 Å². The predicted molar refractivity (Wildman–Crippen MR) is 94.2 cm³/mol. The van der Waals surface area contributed by atoms with Crippen LogP contribution in [-0.4, -0.2) is 18.3 Å². The van der Waals surface area contributed by atoms with Crippen LogP contribution >= 0.6 is 7.37 Å². The molecule has 0 aliphatic carbocycles. The molecule has 3 aromatic rings. The van der Waals surface area contributed by atoms with Crippen LogP contribution in [0.5, 0.6) is 0 Å². The van der Waals surface area contributed by atoms with Crippen LogP contribution in [0.4, 0.5) is 4.39 Å². The highest BCUT2D eigenvalue weighted by molar-refractivity contribution is 7.66. The number of oxazole rings is 1. The third-order valence-electron chi connectivity index (χ3n) is 3.79. The van der Waals surface area contributed by atoms with Crippen molar-refractivity contribution < 1.29 is 17.9 Å². The Bertz CT molecular complexity index is 926. The highest BCUT2D eigenvalue weighted by Gasteiger charge is 2.23. The molecule has 0 saturated heterocycles. The van der Waals surface area contributed by atoms with E-state index in [0.29, 0.717) is 28.1 Å². The van der Waals surface area contributed by atoms with Crippen LogP contribution in [-0.2, 0) is 9.09 Å². The first-order valence-corrected chi connectivity index (χ1v) is 9.35. The molecule has 0 saturated carbocycles. The Labute approximate surface area is 139 Å². The summed E-state index contributed by atoms with van der Waals surface area (Å²) in [7, 11) is -1.44. The van der Waals surface area contributed by atoms with Gasteiger partial charge in [-0.25, -0.2) is 9.37 Å². The van der Waals surface area contributed by atoms with Crippen molar-refractivity contribution in [2.45, 2.75) is 6.92 Å². The highest BCUT2D eigenvalue weighted by atomic mass is 31.2. The zero-order chi connectivity index (χ0) is 17.2. The lowest BCUT2D eigenvalue weighted by molar-refractivity contribution is 0.404. The average Bonchev–Trinajstić information content (AvgIpc) is 3.03. The smallest absolute Gasteiger partial charge is 0.231 e. The van der Waals surface area contributed by atoms with Gasteiger partial charge in [0.25, 0.3) is 0 Å². The van der Waals surface area contributed by atoms with Crippen LogP contribution in [0.1, 0.15) is 18.4 Å². The number of aromatic nitrogens is 1. The number of hydrogen-bond acceptors (Lipinski definition) is 4. The summed E-state index contributed by atoms with van der Waals surface area (Å²) in [6, 6.07) is 13.7. The molecule has 1 atom stereocenters. The van der Waals surface area contributed by atoms with Gasteiger partial charge in [0.15, 0.2) is 5.58 Å². The molecular formula is C18H17FNO3P. The molecular weight excluding hydrogens is 328 g/mol. The van der Waals surface area contributed by atoms with Crippen molar-refractivity contribution in [1.29, 1.82) is 0 Å². The standard InChI is InChI=1S/C18H17FNO3P/c1-3-24(21,22-2)14-9-10-17-16(11-14)20-18(23-17)12-15(19)13-7-5-4-6-8-13/h4-12H,3H2,1-2H3. The third-order valence-corrected chi connectivity index (χ3v) is 6.28. The van der Waals surface area contributed by atoms with Crippen molar-refractivity contribution in [3.63, 3.8) is 0 Å². The predicted octanol–water partition coefficient (Wildman–Crippen LogP) is 4.87. The highest BCUT2D eigenvalue weighted by Crippen LogP contribution is 2.44. The van der Waals surface area contributed by atoms with Crippen molar-refractivity contribution >= 4 is 35.7 Å². The van der Waals surface area contributed by atoms with Gasteiger partial charge in [-0.3, -0.25) is 4.57 Å². The van der Waals surface area contributed by atoms with Gasteiger partial charge in [0.05, 0.1) is 0 Å². The fourth-order valence-electron chi connectivity index (χ4n) is 2.41. The fraction of sp³-hybridized carbons (Fsp3) is 0.167. The van der Waals surface area contributed by atoms with Gasteiger partial charge in [-0.05, 0) is 18.2 Å². The first kappa shape index (κ1) is 16.6. The second-order valence-corrected chi connectivity index (χ2v) is 8.10. The first-order chi connectivity index (χ1) is 11.6. The molecule has 24 heavy (non-hydrogen) atoms. The van der Waals surface area contributed by atoms with Crippen molar-refractivity contribution in [3.05, 3.63) is 60.0 Å². The van der Waals surface area contributed by atoms with E-state index < -0.39 is 13.2 Å². The summed E-state index contributed by atoms with van der Waals surface area (Å²) >= 11 is 0. The van der Waals surface area contributed by atoms with Crippen LogP contribution in [0.15, 0.2) is 52.9 Å². The zero-order valence-corrected chi connectivity index (χ0v) is 14.3. The summed E-state index contributed by atoms with van der Waals surface area (Å²) in [5.41, 5.74) is 1.48. The van der Waals surface area contributed by atoms with E-state index in [0.717, 1.165) is 0 Å². The van der Waals surface area contributed by atoms with E-state index in [1.54, 1.807) is 49.4 Å². The molecule has 4 nitrogen and oxygen atoms in total. The molecule has 1 unspecified atom stereocenters. The molecule has 2 aromatic carbocycles. The molecule has 0 N–H and O–H groups in total. The van der Waals surface area contributed by atoms with Crippen molar-refractivity contribution in [2.75, 3.05) is 13.3 Å². The van der Waals surface area contributed by atoms with Gasteiger partial charge in [-0.15, -0.1) is 0 Å². The van der Waals surface area contributed by atoms with Gasteiger partial charge >= 0.3 is 0 Å². The Morgan fingerprint density at radius 3 is 2.71 bits per heavy atom. The van der Waals surface area contributed by atoms with Crippen LogP contribution in [0.3, 0.4) is 0 Å². The summed E-state index contributed by atoms with van der Waals surface area (Å²) in [5, 5.41) is 0.576. The van der Waals surface area contributed by atoms with Gasteiger partial charge < -0.3 is 8.94 Å². The third kappa shape index (κ3) is 3.18. The van der Waals surface area contributed by atoms with Gasteiger partial charge in [0, 0.05) is 30.2 Å². The van der Waals surface area contributed by atoms with Crippen LogP contribution in [0.25, 0.3) is 23.0 Å². The summed E-state index contributed by atoms with van der Waals surface area (Å²) < 4.78 is 37.6. The van der Waals surface area contributed by atoms with Gasteiger partial charge in [-0.2, -0.15) is 0 Å². The molecule has 124 valence electrons. The minimum absolute atomic E-state index is 0.159. The molecule has 0 aliphatic heterocycles. The number of nitrogens with zero attached hydrogens (tertiary/aromatic N) is 1. The topological polar surface area (TPSA) is 52.3 Å². The summed E-state index contributed by atoms with van der Waals surface area (Å²) in [4.78, 5) is 4.26. The molecule has 0 radical (unpaired) electrons. The molecule has 1 heterocycles. The minimum atomic E-state index is -2.88. The monoisotopic (exact) mass is 345 g/mol. The van der Waals surface area contributed by atoms with Crippen LogP contribution in [0.2, 0.25) is 0 Å². The van der Waals surface area contributed by atoms with Crippen LogP contribution < -0.4 is 5.30 Å². The summed E-state index contributed by atoms with van der Waals surface area (Å²) in [5.74, 6) is -0.272. The van der Waals surface area contributed by atoms with Crippen molar-refractivity contribution in [3.8, 4) is 0 Å². The second kappa shape index (κ2) is 6.71. The molecule has 1 aromatic heterocycles. The molecule has 6 heteroatoms. The minimum Gasteiger partial charge on any atom is -0.437 e. The Morgan fingerprint density at radius 1 is 1.29 bits per heavy atom. The largest absolute Gasteiger partial charge is 0.437 e. The Balaban J connectivity index is 1.99. The molecule has 3 rings (SSSR count). The zero-order valence-electron chi connectivity index (χ0n) is 13.4. The maximum Gasteiger partial charge on any atom is 0.231 e. The molecule has 0 aliphatic rings. The van der Waals surface area contributed by atoms with E-state index in [1.165, 1.54) is 13.2 Å². The lowest BCUT2D eigenvalue weighted by Gasteiger charge is -2.13. The Hall–Kier alpha value is -2.23. The van der Waals surface area contributed by atoms with E-state index in [9.17, 15) is 8.96 Å². The van der Waals surface area contributed by atoms with E-state index in [1.807, 2.05) is 6.07 Å². The maximum atomic E-state index is 14.2. The molecule has 0 fully saturated rings. The maximum absolute atomic E-state index is 14.2. The number of rotatable bonds is 5. The number of halogens is 1. The molecule has 0 spiro atoms. The number of fused-ring (bicyclic) bond motifs is 1. The lowest BCUT2D eigenvalue weighted by atomic mass is 10.2. The second-order valence-electron chi connectivity index (χ2n) is 5.23. The van der Waals surface area contributed by atoms with Crippen LogP contribution in [0, 0.1) is 0 Å². The van der Waals surface area contributed by atoms with E-state index >= 15 is 0 Å². The average molecular weight is 345 g/mol. The van der Waals surface area contributed by atoms with Gasteiger partial charge in [-0.1, -0.05) is 37.3 Å². The Kier molecular flexibility index (Phi) is 4.65. The fourth-order valence-corrected chi connectivity index (χ4v) is 3.87. The molecule has 0 bridgehead atoms. The Morgan fingerprint density at radius 2 is 2.04 bits per heavy atom. The molecule has 0 amide bonds. The lowest BCUT2D eigenvalue weighted by Crippen LogP contribution is -2.07. The van der Waals surface area contributed by atoms with E-state index in [-0.39, 0.29) is 5.89 Å². The number of hydrogen-bond donors (Lipinski definition) is 0. The normalized spacial score (nSPS) is 14.7. The van der Waals surface area contributed by atoms with Gasteiger partial charge in [0.1, 0.15) is 11.3 Å². The van der Waals surface area contributed by atoms with E-state index in [2.05, 4.69) is 4.98 Å². The summed E-state index contributed by atoms with van der Waals surface area (Å²) in [6.07, 6.45) is 1.63. The SMILES string of the molecule is CCP(=O)(OC)c1ccc2oc(C=C(F)c3ccccc3)nc2c1.